The minimum Gasteiger partial charge on any atom is -0.492 e. The van der Waals surface area contributed by atoms with E-state index < -0.39 is 0 Å². The summed E-state index contributed by atoms with van der Waals surface area (Å²) in [6, 6.07) is 8.14. The maximum Gasteiger partial charge on any atom is 0.191 e. The van der Waals surface area contributed by atoms with Crippen molar-refractivity contribution in [3.05, 3.63) is 29.8 Å². The Balaban J connectivity index is 0.00000450. The number of rotatable bonds is 9. The first-order valence-electron chi connectivity index (χ1n) is 10.4. The van der Waals surface area contributed by atoms with Crippen LogP contribution in [0.4, 0.5) is 0 Å². The number of benzene rings is 1. The van der Waals surface area contributed by atoms with Gasteiger partial charge in [-0.25, -0.2) is 0 Å². The second-order valence-electron chi connectivity index (χ2n) is 8.31. The Morgan fingerprint density at radius 3 is 2.53 bits per heavy atom. The van der Waals surface area contributed by atoms with Crippen LogP contribution in [0.15, 0.2) is 29.3 Å². The Hall–Kier alpha value is -1.10. The summed E-state index contributed by atoms with van der Waals surface area (Å²) in [5, 5.41) is 6.73. The molecule has 0 saturated carbocycles. The van der Waals surface area contributed by atoms with E-state index in [4.69, 9.17) is 14.2 Å². The molecule has 172 valence electrons. The third kappa shape index (κ3) is 9.36. The molecule has 30 heavy (non-hydrogen) atoms. The van der Waals surface area contributed by atoms with E-state index in [-0.39, 0.29) is 35.5 Å². The number of nitrogens with one attached hydrogen (secondary N) is 2. The van der Waals surface area contributed by atoms with Crippen LogP contribution in [0.3, 0.4) is 0 Å². The molecule has 0 spiro atoms. The van der Waals surface area contributed by atoms with Crippen molar-refractivity contribution >= 4 is 29.9 Å². The van der Waals surface area contributed by atoms with E-state index in [0.717, 1.165) is 50.1 Å². The Morgan fingerprint density at radius 2 is 1.90 bits per heavy atom. The fraction of sp³-hybridized carbons (Fsp3) is 0.682. The topological polar surface area (TPSA) is 67.4 Å². The van der Waals surface area contributed by atoms with Crippen LogP contribution in [0.2, 0.25) is 0 Å². The number of aliphatic imine (C=N–C) groups is 1. The number of hydrogen-bond acceptors (Lipinski definition) is 5. The second kappa shape index (κ2) is 14.1. The summed E-state index contributed by atoms with van der Waals surface area (Å²) < 4.78 is 17.1. The van der Waals surface area contributed by atoms with E-state index >= 15 is 0 Å². The van der Waals surface area contributed by atoms with Gasteiger partial charge in [0.2, 0.25) is 0 Å². The van der Waals surface area contributed by atoms with Crippen molar-refractivity contribution in [2.24, 2.45) is 10.4 Å². The summed E-state index contributed by atoms with van der Waals surface area (Å²) in [6.07, 6.45) is 0.0943. The van der Waals surface area contributed by atoms with Crippen molar-refractivity contribution in [2.45, 2.75) is 33.4 Å². The van der Waals surface area contributed by atoms with Crippen LogP contribution in [0.1, 0.15) is 26.3 Å². The summed E-state index contributed by atoms with van der Waals surface area (Å²) in [7, 11) is 3.53. The zero-order chi connectivity index (χ0) is 21.1. The van der Waals surface area contributed by atoms with Gasteiger partial charge in [-0.3, -0.25) is 9.89 Å². The van der Waals surface area contributed by atoms with Gasteiger partial charge in [0.05, 0.1) is 19.3 Å². The monoisotopic (exact) mass is 534 g/mol. The zero-order valence-corrected chi connectivity index (χ0v) is 21.4. The lowest BCUT2D eigenvalue weighted by molar-refractivity contribution is 0.0205. The first-order valence-corrected chi connectivity index (χ1v) is 10.4. The second-order valence-corrected chi connectivity index (χ2v) is 8.31. The van der Waals surface area contributed by atoms with Crippen molar-refractivity contribution in [2.75, 3.05) is 60.2 Å². The van der Waals surface area contributed by atoms with Crippen molar-refractivity contribution in [3.63, 3.8) is 0 Å². The molecule has 0 bridgehead atoms. The number of methoxy groups -OCH3 is 1. The molecule has 2 N–H and O–H groups in total. The highest BCUT2D eigenvalue weighted by molar-refractivity contribution is 14.0. The van der Waals surface area contributed by atoms with Crippen LogP contribution in [-0.2, 0) is 16.0 Å². The SMILES string of the molecule is CN=C(NCc1ccccc1OCCN1CCOCC1)NCC(OC)C(C)(C)C.I. The molecular weight excluding hydrogens is 495 g/mol. The first-order chi connectivity index (χ1) is 13.9. The summed E-state index contributed by atoms with van der Waals surface area (Å²) in [6.45, 7) is 13.0. The first kappa shape index (κ1) is 26.9. The molecule has 8 heteroatoms. The molecule has 0 radical (unpaired) electrons. The number of hydrogen-bond donors (Lipinski definition) is 2. The van der Waals surface area contributed by atoms with Gasteiger partial charge in [0, 0.05) is 52.4 Å². The van der Waals surface area contributed by atoms with Gasteiger partial charge < -0.3 is 24.8 Å². The van der Waals surface area contributed by atoms with Gasteiger partial charge in [0.1, 0.15) is 12.4 Å². The number of halogens is 1. The number of para-hydroxylation sites is 1. The summed E-state index contributed by atoms with van der Waals surface area (Å²) in [5.74, 6) is 1.66. The predicted octanol–water partition coefficient (Wildman–Crippen LogP) is 2.74. The lowest BCUT2D eigenvalue weighted by Gasteiger charge is -2.30. The lowest BCUT2D eigenvalue weighted by atomic mass is 9.89. The van der Waals surface area contributed by atoms with Gasteiger partial charge in [0.25, 0.3) is 0 Å². The summed E-state index contributed by atoms with van der Waals surface area (Å²) in [5.41, 5.74) is 1.16. The lowest BCUT2D eigenvalue weighted by Crippen LogP contribution is -2.45. The molecule has 1 aromatic rings. The smallest absolute Gasteiger partial charge is 0.191 e. The third-order valence-electron chi connectivity index (χ3n) is 5.12. The molecule has 1 heterocycles. The molecule has 1 unspecified atom stereocenters. The van der Waals surface area contributed by atoms with Crippen LogP contribution in [-0.4, -0.2) is 77.1 Å². The third-order valence-corrected chi connectivity index (χ3v) is 5.12. The molecule has 0 amide bonds. The van der Waals surface area contributed by atoms with Gasteiger partial charge in [0.15, 0.2) is 5.96 Å². The quantitative estimate of drug-likeness (QED) is 0.289. The maximum absolute atomic E-state index is 6.06. The molecule has 1 aliphatic heterocycles. The Kier molecular flexibility index (Phi) is 12.6. The van der Waals surface area contributed by atoms with E-state index in [1.807, 2.05) is 18.2 Å². The van der Waals surface area contributed by atoms with Gasteiger partial charge >= 0.3 is 0 Å². The molecule has 7 nitrogen and oxygen atoms in total. The van der Waals surface area contributed by atoms with Crippen LogP contribution < -0.4 is 15.4 Å². The number of ether oxygens (including phenoxy) is 3. The normalized spacial score (nSPS) is 16.5. The molecule has 1 aromatic carbocycles. The number of guanidine groups is 1. The fourth-order valence-electron chi connectivity index (χ4n) is 3.23. The summed E-state index contributed by atoms with van der Waals surface area (Å²) in [4.78, 5) is 6.70. The fourth-order valence-corrected chi connectivity index (χ4v) is 3.23. The Morgan fingerprint density at radius 1 is 1.20 bits per heavy atom. The van der Waals surface area contributed by atoms with E-state index in [2.05, 4.69) is 47.4 Å². The Bertz CT molecular complexity index is 631. The predicted molar refractivity (Wildman–Crippen MR) is 133 cm³/mol. The highest BCUT2D eigenvalue weighted by atomic mass is 127. The average molecular weight is 534 g/mol. The zero-order valence-electron chi connectivity index (χ0n) is 19.1. The maximum atomic E-state index is 6.06. The van der Waals surface area contributed by atoms with Crippen molar-refractivity contribution in [3.8, 4) is 5.75 Å². The van der Waals surface area contributed by atoms with Gasteiger partial charge in [-0.2, -0.15) is 0 Å². The number of nitrogens with zero attached hydrogens (tertiary/aromatic N) is 2. The van der Waals surface area contributed by atoms with Crippen LogP contribution in [0, 0.1) is 5.41 Å². The summed E-state index contributed by atoms with van der Waals surface area (Å²) >= 11 is 0. The van der Waals surface area contributed by atoms with Crippen LogP contribution >= 0.6 is 24.0 Å². The highest BCUT2D eigenvalue weighted by Crippen LogP contribution is 2.21. The van der Waals surface area contributed by atoms with Crippen molar-refractivity contribution in [1.82, 2.24) is 15.5 Å². The standard InChI is InChI=1S/C22H38N4O3.HI/c1-22(2,3)20(27-5)17-25-21(23-4)24-16-18-8-6-7-9-19(18)29-15-12-26-10-13-28-14-11-26;/h6-9,20H,10-17H2,1-5H3,(H2,23,24,25);1H. The van der Waals surface area contributed by atoms with E-state index in [9.17, 15) is 0 Å². The van der Waals surface area contributed by atoms with Gasteiger partial charge in [-0.1, -0.05) is 39.0 Å². The molecule has 1 aliphatic rings. The van der Waals surface area contributed by atoms with Crippen LogP contribution in [0.25, 0.3) is 0 Å². The average Bonchev–Trinajstić information content (AvgIpc) is 2.71. The van der Waals surface area contributed by atoms with E-state index in [1.165, 1.54) is 0 Å². The molecule has 1 saturated heterocycles. The minimum absolute atomic E-state index is 0. The Labute approximate surface area is 199 Å². The molecule has 2 rings (SSSR count). The largest absolute Gasteiger partial charge is 0.492 e. The van der Waals surface area contributed by atoms with Crippen molar-refractivity contribution in [1.29, 1.82) is 0 Å². The molecule has 0 aliphatic carbocycles. The molecule has 0 aromatic heterocycles. The molecular formula is C22H39IN4O3. The highest BCUT2D eigenvalue weighted by Gasteiger charge is 2.24. The molecule has 1 atom stereocenters. The van der Waals surface area contributed by atoms with Crippen LogP contribution in [0.5, 0.6) is 5.75 Å². The van der Waals surface area contributed by atoms with Gasteiger partial charge in [-0.15, -0.1) is 24.0 Å². The van der Waals surface area contributed by atoms with E-state index in [1.54, 1.807) is 14.2 Å². The minimum atomic E-state index is 0. The number of morpholine rings is 1. The van der Waals surface area contributed by atoms with Crippen molar-refractivity contribution < 1.29 is 14.2 Å². The van der Waals surface area contributed by atoms with E-state index in [0.29, 0.717) is 19.7 Å². The van der Waals surface area contributed by atoms with Gasteiger partial charge in [-0.05, 0) is 11.5 Å². The molecule has 1 fully saturated rings.